The summed E-state index contributed by atoms with van der Waals surface area (Å²) in [7, 11) is 1.55. The molecule has 12 nitrogen and oxygen atoms in total. The van der Waals surface area contributed by atoms with Gasteiger partial charge in [-0.3, -0.25) is 19.5 Å². The Balaban J connectivity index is 1.13. The molecule has 1 N–H and O–H groups in total. The van der Waals surface area contributed by atoms with Gasteiger partial charge in [-0.05, 0) is 48.9 Å². The Bertz CT molecular complexity index is 1920. The highest BCUT2D eigenvalue weighted by Gasteiger charge is 2.17. The van der Waals surface area contributed by atoms with Gasteiger partial charge in [0.1, 0.15) is 17.6 Å². The van der Waals surface area contributed by atoms with E-state index in [9.17, 15) is 9.59 Å². The molecule has 47 heavy (non-hydrogen) atoms. The summed E-state index contributed by atoms with van der Waals surface area (Å²) in [6.45, 7) is 4.95. The van der Waals surface area contributed by atoms with Gasteiger partial charge in [-0.15, -0.1) is 0 Å². The number of pyridine rings is 2. The summed E-state index contributed by atoms with van der Waals surface area (Å²) in [4.78, 5) is 40.7. The zero-order valence-corrected chi connectivity index (χ0v) is 25.7. The Labute approximate surface area is 269 Å². The van der Waals surface area contributed by atoms with E-state index in [-0.39, 0.29) is 23.5 Å². The predicted molar refractivity (Wildman–Crippen MR) is 172 cm³/mol. The molecule has 1 aliphatic heterocycles. The van der Waals surface area contributed by atoms with Crippen molar-refractivity contribution < 1.29 is 28.1 Å². The quantitative estimate of drug-likeness (QED) is 0.194. The number of carbonyl (C=O) groups is 1. The molecule has 4 heterocycles. The molecule has 6 rings (SSSR count). The van der Waals surface area contributed by atoms with Crippen LogP contribution in [0.25, 0.3) is 10.9 Å². The minimum Gasteiger partial charge on any atom is -0.493 e. The third kappa shape index (κ3) is 7.71. The van der Waals surface area contributed by atoms with E-state index < -0.39 is 17.3 Å². The Morgan fingerprint density at radius 2 is 1.87 bits per heavy atom. The number of hydrogen-bond donors (Lipinski definition) is 1. The Hall–Kier alpha value is -5.40. The minimum atomic E-state index is -0.714. The Kier molecular flexibility index (Phi) is 9.94. The molecule has 13 heteroatoms. The highest BCUT2D eigenvalue weighted by molar-refractivity contribution is 6.04. The van der Waals surface area contributed by atoms with E-state index in [1.165, 1.54) is 29.1 Å². The van der Waals surface area contributed by atoms with Crippen molar-refractivity contribution in [2.24, 2.45) is 0 Å². The standard InChI is InChI=1S/C34H33FN6O6/c1-44-31-19-26-28(20-32(31)46-15-3-11-40-13-16-45-17-14-40)37-10-8-29(26)47-30-6-5-23(18-27(30)35)39-33(42)25-4-2-12-41(34(25)43)21-24-7-9-36-22-38-24/h2,4-10,12,18-20,22H,3,11,13-17,21H2,1H3,(H,39,42). The molecule has 0 unspecified atom stereocenters. The van der Waals surface area contributed by atoms with Gasteiger partial charge >= 0.3 is 0 Å². The zero-order chi connectivity index (χ0) is 32.6. The van der Waals surface area contributed by atoms with Crippen LogP contribution in [0.5, 0.6) is 23.0 Å². The van der Waals surface area contributed by atoms with Gasteiger partial charge in [0.2, 0.25) is 0 Å². The number of hydrogen-bond acceptors (Lipinski definition) is 10. The predicted octanol–water partition coefficient (Wildman–Crippen LogP) is 4.53. The molecule has 242 valence electrons. The minimum absolute atomic E-state index is 0.0650. The summed E-state index contributed by atoms with van der Waals surface area (Å²) >= 11 is 0. The maximum Gasteiger partial charge on any atom is 0.263 e. The van der Waals surface area contributed by atoms with Crippen LogP contribution >= 0.6 is 0 Å². The van der Waals surface area contributed by atoms with Crippen LogP contribution in [0.3, 0.4) is 0 Å². The number of morpholine rings is 1. The van der Waals surface area contributed by atoms with E-state index in [0.717, 1.165) is 45.3 Å². The fraction of sp³-hybridized carbons (Fsp3) is 0.265. The maximum absolute atomic E-state index is 15.3. The number of ether oxygens (including phenoxy) is 4. The topological polar surface area (TPSA) is 130 Å². The van der Waals surface area contributed by atoms with Crippen molar-refractivity contribution in [3.05, 3.63) is 107 Å². The van der Waals surface area contributed by atoms with E-state index in [1.807, 2.05) is 0 Å². The Morgan fingerprint density at radius 1 is 1.00 bits per heavy atom. The van der Waals surface area contributed by atoms with Gasteiger partial charge in [-0.2, -0.15) is 0 Å². The van der Waals surface area contributed by atoms with Crippen LogP contribution in [0.1, 0.15) is 22.5 Å². The molecular weight excluding hydrogens is 607 g/mol. The number of amides is 1. The third-order valence-electron chi connectivity index (χ3n) is 7.62. The van der Waals surface area contributed by atoms with Crippen LogP contribution in [0.4, 0.5) is 10.1 Å². The van der Waals surface area contributed by atoms with Crippen molar-refractivity contribution in [2.75, 3.05) is 51.9 Å². The summed E-state index contributed by atoms with van der Waals surface area (Å²) in [6, 6.07) is 13.8. The van der Waals surface area contributed by atoms with Gasteiger partial charge in [0.25, 0.3) is 11.5 Å². The van der Waals surface area contributed by atoms with E-state index in [2.05, 4.69) is 25.2 Å². The lowest BCUT2D eigenvalue weighted by Gasteiger charge is -2.26. The number of aromatic nitrogens is 4. The molecule has 0 bridgehead atoms. The number of anilines is 1. The molecule has 5 aromatic rings. The van der Waals surface area contributed by atoms with E-state index >= 15 is 4.39 Å². The monoisotopic (exact) mass is 640 g/mol. The summed E-state index contributed by atoms with van der Waals surface area (Å²) in [5.41, 5.74) is 0.748. The van der Waals surface area contributed by atoms with E-state index in [0.29, 0.717) is 40.5 Å². The molecule has 1 aliphatic rings. The third-order valence-corrected chi connectivity index (χ3v) is 7.62. The average molecular weight is 641 g/mol. The van der Waals surface area contributed by atoms with Crippen molar-refractivity contribution >= 4 is 22.5 Å². The molecule has 0 atom stereocenters. The SMILES string of the molecule is COc1cc2c(Oc3ccc(NC(=O)c4cccn(Cc5ccncn5)c4=O)cc3F)ccnc2cc1OCCCN1CCOCC1. The first-order valence-corrected chi connectivity index (χ1v) is 15.1. The molecule has 0 saturated carbocycles. The van der Waals surface area contributed by atoms with Gasteiger partial charge in [0.15, 0.2) is 23.1 Å². The molecule has 1 saturated heterocycles. The van der Waals surface area contributed by atoms with Crippen LogP contribution < -0.4 is 25.1 Å². The molecule has 3 aromatic heterocycles. The summed E-state index contributed by atoms with van der Waals surface area (Å²) < 4.78 is 39.6. The first-order valence-electron chi connectivity index (χ1n) is 15.1. The fourth-order valence-electron chi connectivity index (χ4n) is 5.18. The largest absolute Gasteiger partial charge is 0.493 e. The second-order valence-corrected chi connectivity index (χ2v) is 10.7. The molecule has 0 aliphatic carbocycles. The normalized spacial score (nSPS) is 13.3. The highest BCUT2D eigenvalue weighted by Crippen LogP contribution is 2.38. The molecular formula is C34H33FN6O6. The van der Waals surface area contributed by atoms with Gasteiger partial charge in [-0.1, -0.05) is 0 Å². The number of carbonyl (C=O) groups excluding carboxylic acids is 1. The van der Waals surface area contributed by atoms with Crippen LogP contribution in [-0.4, -0.2) is 76.9 Å². The number of halogens is 1. The lowest BCUT2D eigenvalue weighted by atomic mass is 10.1. The molecule has 1 fully saturated rings. The molecule has 2 aromatic carbocycles. The van der Waals surface area contributed by atoms with Crippen molar-refractivity contribution in [2.45, 2.75) is 13.0 Å². The van der Waals surface area contributed by atoms with Crippen LogP contribution in [0, 0.1) is 5.82 Å². The Morgan fingerprint density at radius 3 is 2.66 bits per heavy atom. The molecule has 0 spiro atoms. The number of nitrogens with zero attached hydrogens (tertiary/aromatic N) is 5. The van der Waals surface area contributed by atoms with E-state index in [4.69, 9.17) is 18.9 Å². The maximum atomic E-state index is 15.3. The van der Waals surface area contributed by atoms with Crippen molar-refractivity contribution in [3.63, 3.8) is 0 Å². The van der Waals surface area contributed by atoms with Gasteiger partial charge in [-0.25, -0.2) is 14.4 Å². The second-order valence-electron chi connectivity index (χ2n) is 10.7. The second kappa shape index (κ2) is 14.8. The lowest BCUT2D eigenvalue weighted by molar-refractivity contribution is 0.0357. The first kappa shape index (κ1) is 31.6. The number of methoxy groups -OCH3 is 1. The van der Waals surface area contributed by atoms with Gasteiger partial charge < -0.3 is 28.8 Å². The zero-order valence-electron chi connectivity index (χ0n) is 25.7. The van der Waals surface area contributed by atoms with Crippen molar-refractivity contribution in [1.82, 2.24) is 24.4 Å². The summed E-state index contributed by atoms with van der Waals surface area (Å²) in [6.07, 6.45) is 6.93. The van der Waals surface area contributed by atoms with E-state index in [1.54, 1.807) is 56.0 Å². The number of benzene rings is 2. The summed E-state index contributed by atoms with van der Waals surface area (Å²) in [5, 5.41) is 3.19. The fourth-order valence-corrected chi connectivity index (χ4v) is 5.18. The first-order chi connectivity index (χ1) is 23.0. The number of nitrogens with one attached hydrogen (secondary N) is 1. The van der Waals surface area contributed by atoms with Crippen LogP contribution in [0.15, 0.2) is 84.3 Å². The van der Waals surface area contributed by atoms with Crippen LogP contribution in [0.2, 0.25) is 0 Å². The lowest BCUT2D eigenvalue weighted by Crippen LogP contribution is -2.37. The number of rotatable bonds is 12. The van der Waals surface area contributed by atoms with Gasteiger partial charge in [0.05, 0.1) is 44.7 Å². The van der Waals surface area contributed by atoms with Crippen LogP contribution in [-0.2, 0) is 11.3 Å². The summed E-state index contributed by atoms with van der Waals surface area (Å²) in [5.74, 6) is -0.0452. The average Bonchev–Trinajstić information content (AvgIpc) is 3.09. The van der Waals surface area contributed by atoms with Gasteiger partial charge in [0, 0.05) is 61.4 Å². The highest BCUT2D eigenvalue weighted by atomic mass is 19.1. The number of fused-ring (bicyclic) bond motifs is 1. The molecule has 1 amide bonds. The smallest absolute Gasteiger partial charge is 0.263 e. The van der Waals surface area contributed by atoms with Crippen molar-refractivity contribution in [1.29, 1.82) is 0 Å². The van der Waals surface area contributed by atoms with Crippen molar-refractivity contribution in [3.8, 4) is 23.0 Å². The molecule has 0 radical (unpaired) electrons.